The zero-order valence-corrected chi connectivity index (χ0v) is 17.8. The predicted octanol–water partition coefficient (Wildman–Crippen LogP) is 3.47. The predicted molar refractivity (Wildman–Crippen MR) is 118 cm³/mol. The second kappa shape index (κ2) is 7.61. The summed E-state index contributed by atoms with van der Waals surface area (Å²) < 4.78 is 2.57. The van der Waals surface area contributed by atoms with Gasteiger partial charge in [0.05, 0.1) is 21.9 Å². The van der Waals surface area contributed by atoms with Crippen LogP contribution in [0.1, 0.15) is 29.8 Å². The highest BCUT2D eigenvalue weighted by molar-refractivity contribution is 9.10. The minimum Gasteiger partial charge on any atom is -0.382 e. The molecule has 0 bridgehead atoms. The molecule has 0 saturated heterocycles. The molecule has 10 heteroatoms. The average molecular weight is 464 g/mol. The van der Waals surface area contributed by atoms with Gasteiger partial charge in [0.2, 0.25) is 5.95 Å². The van der Waals surface area contributed by atoms with Crippen molar-refractivity contribution in [2.45, 2.75) is 19.9 Å². The van der Waals surface area contributed by atoms with Crippen LogP contribution in [0.2, 0.25) is 0 Å². The van der Waals surface area contributed by atoms with Gasteiger partial charge in [0, 0.05) is 17.3 Å². The maximum atomic E-state index is 9.46. The fraction of sp³-hybridized carbons (Fsp3) is 0.150. The normalized spacial score (nSPS) is 11.9. The smallest absolute Gasteiger partial charge is 0.224 e. The first-order chi connectivity index (χ1) is 14.4. The van der Waals surface area contributed by atoms with Gasteiger partial charge in [0.1, 0.15) is 17.5 Å². The van der Waals surface area contributed by atoms with Gasteiger partial charge in [0.15, 0.2) is 11.5 Å². The number of fused-ring (bicyclic) bond motifs is 1. The van der Waals surface area contributed by atoms with Crippen molar-refractivity contribution >= 4 is 39.2 Å². The van der Waals surface area contributed by atoms with E-state index < -0.39 is 0 Å². The van der Waals surface area contributed by atoms with Crippen molar-refractivity contribution in [1.82, 2.24) is 24.6 Å². The highest BCUT2D eigenvalue weighted by Gasteiger charge is 2.20. The van der Waals surface area contributed by atoms with Crippen molar-refractivity contribution in [1.29, 1.82) is 5.26 Å². The van der Waals surface area contributed by atoms with E-state index >= 15 is 0 Å². The topological polar surface area (TPSA) is 144 Å². The first kappa shape index (κ1) is 19.6. The number of nitrogen functional groups attached to an aromatic ring is 2. The Balaban J connectivity index is 1.87. The Kier molecular flexibility index (Phi) is 4.97. The number of nitrogens with two attached hydrogens (primary N) is 2. The number of halogens is 1. The molecule has 4 rings (SSSR count). The third-order valence-corrected chi connectivity index (χ3v) is 5.60. The lowest BCUT2D eigenvalue weighted by atomic mass is 10.0. The Morgan fingerprint density at radius 3 is 2.60 bits per heavy atom. The number of aromatic nitrogens is 5. The first-order valence-corrected chi connectivity index (χ1v) is 9.88. The van der Waals surface area contributed by atoms with Gasteiger partial charge in [-0.15, -0.1) is 0 Å². The van der Waals surface area contributed by atoms with Gasteiger partial charge in [-0.3, -0.25) is 0 Å². The molecule has 150 valence electrons. The molecule has 4 aromatic rings. The molecule has 9 nitrogen and oxygen atoms in total. The van der Waals surface area contributed by atoms with Crippen molar-refractivity contribution in [2.75, 3.05) is 16.8 Å². The molecule has 30 heavy (non-hydrogen) atoms. The minimum absolute atomic E-state index is 0.00954. The monoisotopic (exact) mass is 463 g/mol. The summed E-state index contributed by atoms with van der Waals surface area (Å²) in [6, 6.07) is 11.6. The third kappa shape index (κ3) is 3.40. The summed E-state index contributed by atoms with van der Waals surface area (Å²) >= 11 is 3.57. The van der Waals surface area contributed by atoms with Crippen LogP contribution in [-0.2, 0) is 0 Å². The van der Waals surface area contributed by atoms with Gasteiger partial charge in [-0.05, 0) is 29.8 Å². The lowest BCUT2D eigenvalue weighted by Gasteiger charge is -2.19. The van der Waals surface area contributed by atoms with Gasteiger partial charge in [0.25, 0.3) is 0 Å². The lowest BCUT2D eigenvalue weighted by molar-refractivity contribution is 0.826. The third-order valence-electron chi connectivity index (χ3n) is 4.67. The Morgan fingerprint density at radius 1 is 1.17 bits per heavy atom. The van der Waals surface area contributed by atoms with E-state index in [1.54, 1.807) is 4.52 Å². The van der Waals surface area contributed by atoms with Crippen LogP contribution in [0.4, 0.5) is 17.6 Å². The van der Waals surface area contributed by atoms with E-state index in [2.05, 4.69) is 36.3 Å². The summed E-state index contributed by atoms with van der Waals surface area (Å²) in [7, 11) is 0. The molecule has 0 amide bonds. The lowest BCUT2D eigenvalue weighted by Crippen LogP contribution is -2.15. The summed E-state index contributed by atoms with van der Waals surface area (Å²) in [4.78, 5) is 12.9. The molecule has 0 saturated carbocycles. The van der Waals surface area contributed by atoms with E-state index in [1.807, 2.05) is 56.4 Å². The van der Waals surface area contributed by atoms with Crippen LogP contribution in [0.25, 0.3) is 16.9 Å². The molecule has 3 aromatic heterocycles. The standard InChI is InChI=1S/C20H18BrN9/c1-10(25-18-13(8-22)17(23)27-20(24)28-18)14-9-30-19(15(21)11(2)29-30)26-16(14)12-6-4-3-5-7-12/h3-7,9-10H,1-2H3,(H5,23,24,25,27,28)/t10-/m0/s1. The van der Waals surface area contributed by atoms with Crippen LogP contribution in [0.5, 0.6) is 0 Å². The summed E-state index contributed by atoms with van der Waals surface area (Å²) in [6.45, 7) is 3.85. The SMILES string of the molecule is Cc1nn2cc([C@H](C)Nc3nc(N)nc(N)c3C#N)c(-c3ccccc3)nc2c1Br. The average Bonchev–Trinajstić information content (AvgIpc) is 3.00. The summed E-state index contributed by atoms with van der Waals surface area (Å²) in [5, 5.41) is 17.2. The van der Waals surface area contributed by atoms with Crippen molar-refractivity contribution in [3.8, 4) is 17.3 Å². The fourth-order valence-corrected chi connectivity index (χ4v) is 3.56. The van der Waals surface area contributed by atoms with Crippen LogP contribution >= 0.6 is 15.9 Å². The number of nitrogens with zero attached hydrogens (tertiary/aromatic N) is 6. The molecule has 0 aliphatic carbocycles. The number of hydrogen-bond acceptors (Lipinski definition) is 8. The van der Waals surface area contributed by atoms with Crippen LogP contribution in [-0.4, -0.2) is 24.6 Å². The van der Waals surface area contributed by atoms with Crippen molar-refractivity contribution in [2.24, 2.45) is 0 Å². The maximum Gasteiger partial charge on any atom is 0.224 e. The Bertz CT molecular complexity index is 1290. The highest BCUT2D eigenvalue weighted by Crippen LogP contribution is 2.32. The molecule has 0 aliphatic rings. The zero-order chi connectivity index (χ0) is 21.4. The van der Waals surface area contributed by atoms with Gasteiger partial charge >= 0.3 is 0 Å². The van der Waals surface area contributed by atoms with E-state index in [-0.39, 0.29) is 29.2 Å². The molecule has 0 radical (unpaired) electrons. The highest BCUT2D eigenvalue weighted by atomic mass is 79.9. The van der Waals surface area contributed by atoms with Crippen molar-refractivity contribution < 1.29 is 0 Å². The number of rotatable bonds is 4. The number of nitrogens with one attached hydrogen (secondary N) is 1. The van der Waals surface area contributed by atoms with Crippen LogP contribution in [0, 0.1) is 18.3 Å². The zero-order valence-electron chi connectivity index (χ0n) is 16.3. The minimum atomic E-state index is -0.291. The van der Waals surface area contributed by atoms with Crippen LogP contribution < -0.4 is 16.8 Å². The molecular weight excluding hydrogens is 446 g/mol. The van der Waals surface area contributed by atoms with E-state index in [1.165, 1.54) is 0 Å². The number of anilines is 3. The van der Waals surface area contributed by atoms with Crippen molar-refractivity contribution in [3.05, 3.63) is 57.8 Å². The molecule has 0 fully saturated rings. The summed E-state index contributed by atoms with van der Waals surface area (Å²) in [5.74, 6) is 0.291. The van der Waals surface area contributed by atoms with E-state index in [9.17, 15) is 5.26 Å². The quantitative estimate of drug-likeness (QED) is 0.417. The molecule has 3 heterocycles. The number of hydrogen-bond donors (Lipinski definition) is 3. The van der Waals surface area contributed by atoms with Crippen LogP contribution in [0.3, 0.4) is 0 Å². The van der Waals surface area contributed by atoms with Crippen molar-refractivity contribution in [3.63, 3.8) is 0 Å². The van der Waals surface area contributed by atoms with Gasteiger partial charge in [-0.1, -0.05) is 30.3 Å². The Labute approximate surface area is 180 Å². The number of aryl methyl sites for hydroxylation is 1. The molecular formula is C20H18BrN9. The molecule has 0 aliphatic heterocycles. The van der Waals surface area contributed by atoms with Gasteiger partial charge in [-0.25, -0.2) is 9.50 Å². The van der Waals surface area contributed by atoms with E-state index in [4.69, 9.17) is 16.5 Å². The number of benzene rings is 1. The molecule has 0 unspecified atom stereocenters. The summed E-state index contributed by atoms with van der Waals surface area (Å²) in [5.41, 5.74) is 15.9. The van der Waals surface area contributed by atoms with Gasteiger partial charge < -0.3 is 16.8 Å². The second-order valence-electron chi connectivity index (χ2n) is 6.75. The number of nitriles is 1. The Morgan fingerprint density at radius 2 is 1.90 bits per heavy atom. The molecule has 0 spiro atoms. The molecule has 1 aromatic carbocycles. The first-order valence-electron chi connectivity index (χ1n) is 9.09. The second-order valence-corrected chi connectivity index (χ2v) is 7.54. The van der Waals surface area contributed by atoms with Crippen LogP contribution in [0.15, 0.2) is 41.0 Å². The molecule has 1 atom stereocenters. The van der Waals surface area contributed by atoms with Gasteiger partial charge in [-0.2, -0.15) is 20.3 Å². The maximum absolute atomic E-state index is 9.46. The van der Waals surface area contributed by atoms with E-state index in [0.29, 0.717) is 0 Å². The summed E-state index contributed by atoms with van der Waals surface area (Å²) in [6.07, 6.45) is 1.92. The molecule has 5 N–H and O–H groups in total. The van der Waals surface area contributed by atoms with E-state index in [0.717, 1.165) is 32.6 Å². The fourth-order valence-electron chi connectivity index (χ4n) is 3.21. The largest absolute Gasteiger partial charge is 0.382 e. The Hall–Kier alpha value is -3.71.